The number of aromatic nitrogens is 4. The minimum atomic E-state index is -0.236. The molecular formula is C23H30FN7O. The van der Waals surface area contributed by atoms with E-state index < -0.39 is 0 Å². The molecule has 2 N–H and O–H groups in total. The number of benzene rings is 2. The summed E-state index contributed by atoms with van der Waals surface area (Å²) in [5, 5.41) is 17.4. The van der Waals surface area contributed by atoms with Crippen LogP contribution in [0.4, 0.5) is 14.9 Å². The SMILES string of the molecule is CCc1cc(NC(=O)NCCCCN(C)Cc2ccc(F)cc2)cc(-c2nnnn2C)c1. The summed E-state index contributed by atoms with van der Waals surface area (Å²) in [6, 6.07) is 12.2. The maximum atomic E-state index is 13.0. The fraction of sp³-hybridized carbons (Fsp3) is 0.391. The van der Waals surface area contributed by atoms with Crippen molar-refractivity contribution < 1.29 is 9.18 Å². The van der Waals surface area contributed by atoms with Gasteiger partial charge in [0.1, 0.15) is 5.82 Å². The topological polar surface area (TPSA) is 88.0 Å². The molecule has 170 valence electrons. The quantitative estimate of drug-likeness (QED) is 0.471. The molecule has 2 amide bonds. The largest absolute Gasteiger partial charge is 0.338 e. The Morgan fingerprint density at radius 3 is 2.59 bits per heavy atom. The first-order chi connectivity index (χ1) is 15.4. The second-order valence-corrected chi connectivity index (χ2v) is 7.85. The zero-order valence-corrected chi connectivity index (χ0v) is 18.8. The zero-order chi connectivity index (χ0) is 22.9. The number of aryl methyl sites for hydroxylation is 2. The fourth-order valence-corrected chi connectivity index (χ4v) is 3.44. The van der Waals surface area contributed by atoms with E-state index in [-0.39, 0.29) is 11.8 Å². The van der Waals surface area contributed by atoms with Crippen molar-refractivity contribution in [2.75, 3.05) is 25.5 Å². The van der Waals surface area contributed by atoms with Gasteiger partial charge in [-0.15, -0.1) is 5.10 Å². The number of anilines is 1. The Hall–Kier alpha value is -3.33. The molecule has 2 aromatic carbocycles. The highest BCUT2D eigenvalue weighted by Crippen LogP contribution is 2.23. The smallest absolute Gasteiger partial charge is 0.319 e. The molecule has 9 heteroatoms. The van der Waals surface area contributed by atoms with Crippen molar-refractivity contribution in [1.29, 1.82) is 0 Å². The molecule has 0 bridgehead atoms. The molecule has 3 aromatic rings. The van der Waals surface area contributed by atoms with Crippen molar-refractivity contribution in [2.24, 2.45) is 7.05 Å². The number of urea groups is 1. The third-order valence-corrected chi connectivity index (χ3v) is 5.16. The van der Waals surface area contributed by atoms with E-state index in [1.807, 2.05) is 25.2 Å². The highest BCUT2D eigenvalue weighted by molar-refractivity contribution is 5.90. The van der Waals surface area contributed by atoms with Crippen LogP contribution in [0.1, 0.15) is 30.9 Å². The monoisotopic (exact) mass is 439 g/mol. The van der Waals surface area contributed by atoms with Gasteiger partial charge in [0.15, 0.2) is 5.82 Å². The van der Waals surface area contributed by atoms with Crippen molar-refractivity contribution in [2.45, 2.75) is 32.7 Å². The zero-order valence-electron chi connectivity index (χ0n) is 18.8. The molecule has 32 heavy (non-hydrogen) atoms. The van der Waals surface area contributed by atoms with E-state index in [0.29, 0.717) is 18.1 Å². The molecule has 3 rings (SSSR count). The van der Waals surface area contributed by atoms with Crippen LogP contribution >= 0.6 is 0 Å². The van der Waals surface area contributed by atoms with E-state index in [9.17, 15) is 9.18 Å². The normalized spacial score (nSPS) is 11.0. The lowest BCUT2D eigenvalue weighted by atomic mass is 10.1. The summed E-state index contributed by atoms with van der Waals surface area (Å²) in [4.78, 5) is 14.5. The highest BCUT2D eigenvalue weighted by atomic mass is 19.1. The summed E-state index contributed by atoms with van der Waals surface area (Å²) in [5.41, 5.74) is 3.73. The highest BCUT2D eigenvalue weighted by Gasteiger charge is 2.10. The third kappa shape index (κ3) is 6.84. The van der Waals surface area contributed by atoms with Crippen LogP contribution in [0.2, 0.25) is 0 Å². The number of unbranched alkanes of at least 4 members (excludes halogenated alkanes) is 1. The molecule has 0 aliphatic heterocycles. The number of hydrogen-bond donors (Lipinski definition) is 2. The number of rotatable bonds is 10. The number of hydrogen-bond acceptors (Lipinski definition) is 5. The summed E-state index contributed by atoms with van der Waals surface area (Å²) in [5.74, 6) is 0.428. The number of tetrazole rings is 1. The number of nitrogens with zero attached hydrogens (tertiary/aromatic N) is 5. The Morgan fingerprint density at radius 2 is 1.91 bits per heavy atom. The van der Waals surface area contributed by atoms with Gasteiger partial charge in [-0.25, -0.2) is 13.9 Å². The molecule has 0 saturated carbocycles. The number of amides is 2. The molecule has 0 unspecified atom stereocenters. The molecule has 1 heterocycles. The fourth-order valence-electron chi connectivity index (χ4n) is 3.44. The van der Waals surface area contributed by atoms with Gasteiger partial charge in [-0.2, -0.15) is 0 Å². The van der Waals surface area contributed by atoms with Gasteiger partial charge in [0.05, 0.1) is 0 Å². The van der Waals surface area contributed by atoms with Crippen LogP contribution in [0.3, 0.4) is 0 Å². The first-order valence-corrected chi connectivity index (χ1v) is 10.8. The average molecular weight is 440 g/mol. The van der Waals surface area contributed by atoms with Crippen LogP contribution in [0.15, 0.2) is 42.5 Å². The second-order valence-electron chi connectivity index (χ2n) is 7.85. The number of carbonyl (C=O) groups is 1. The Labute approximate surface area is 187 Å². The minimum absolute atomic E-state index is 0.218. The van der Waals surface area contributed by atoms with Gasteiger partial charge in [0.2, 0.25) is 0 Å². The van der Waals surface area contributed by atoms with Gasteiger partial charge in [0.25, 0.3) is 0 Å². The van der Waals surface area contributed by atoms with E-state index in [1.165, 1.54) is 12.1 Å². The Balaban J connectivity index is 1.42. The van der Waals surface area contributed by atoms with E-state index in [2.05, 4.69) is 38.0 Å². The average Bonchev–Trinajstić information content (AvgIpc) is 3.20. The molecule has 8 nitrogen and oxygen atoms in total. The molecule has 1 aromatic heterocycles. The maximum Gasteiger partial charge on any atom is 0.319 e. The molecule has 0 spiro atoms. The first-order valence-electron chi connectivity index (χ1n) is 10.8. The van der Waals surface area contributed by atoms with E-state index in [1.54, 1.807) is 23.9 Å². The number of carbonyl (C=O) groups excluding carboxylic acids is 1. The third-order valence-electron chi connectivity index (χ3n) is 5.16. The van der Waals surface area contributed by atoms with E-state index >= 15 is 0 Å². The molecule has 0 fully saturated rings. The van der Waals surface area contributed by atoms with E-state index in [4.69, 9.17) is 0 Å². The molecule has 0 saturated heterocycles. The predicted octanol–water partition coefficient (Wildman–Crippen LogP) is 3.61. The summed E-state index contributed by atoms with van der Waals surface area (Å²) in [6.07, 6.45) is 2.65. The van der Waals surface area contributed by atoms with Crippen LogP contribution in [0.25, 0.3) is 11.4 Å². The maximum absolute atomic E-state index is 13.0. The summed E-state index contributed by atoms with van der Waals surface area (Å²) in [7, 11) is 3.82. The molecule has 0 atom stereocenters. The first kappa shape index (κ1) is 23.3. The summed E-state index contributed by atoms with van der Waals surface area (Å²) < 4.78 is 14.6. The lowest BCUT2D eigenvalue weighted by molar-refractivity contribution is 0.251. The van der Waals surface area contributed by atoms with Crippen LogP contribution in [-0.4, -0.2) is 51.3 Å². The minimum Gasteiger partial charge on any atom is -0.338 e. The van der Waals surface area contributed by atoms with Gasteiger partial charge < -0.3 is 15.5 Å². The van der Waals surface area contributed by atoms with Crippen molar-refractivity contribution in [1.82, 2.24) is 30.4 Å². The predicted molar refractivity (Wildman–Crippen MR) is 123 cm³/mol. The van der Waals surface area contributed by atoms with Gasteiger partial charge >= 0.3 is 6.03 Å². The van der Waals surface area contributed by atoms with Crippen LogP contribution < -0.4 is 10.6 Å². The van der Waals surface area contributed by atoms with Gasteiger partial charge in [-0.05, 0) is 84.7 Å². The van der Waals surface area contributed by atoms with Gasteiger partial charge in [-0.3, -0.25) is 0 Å². The van der Waals surface area contributed by atoms with Crippen molar-refractivity contribution in [3.8, 4) is 11.4 Å². The second kappa shape index (κ2) is 11.3. The number of halogens is 1. The van der Waals surface area contributed by atoms with Gasteiger partial charge in [0, 0.05) is 31.4 Å². The Kier molecular flexibility index (Phi) is 8.27. The Morgan fingerprint density at radius 1 is 1.12 bits per heavy atom. The van der Waals surface area contributed by atoms with Gasteiger partial charge in [-0.1, -0.05) is 19.1 Å². The lowest BCUT2D eigenvalue weighted by Crippen LogP contribution is -2.30. The van der Waals surface area contributed by atoms with Crippen molar-refractivity contribution in [3.63, 3.8) is 0 Å². The summed E-state index contributed by atoms with van der Waals surface area (Å²) in [6.45, 7) is 4.31. The molecule has 0 aliphatic carbocycles. The van der Waals surface area contributed by atoms with Crippen LogP contribution in [-0.2, 0) is 20.0 Å². The van der Waals surface area contributed by atoms with Crippen LogP contribution in [0.5, 0.6) is 0 Å². The standard InChI is InChI=1S/C23H30FN7O/c1-4-17-13-19(22-27-28-29-31(22)3)15-21(14-17)26-23(32)25-11-5-6-12-30(2)16-18-7-9-20(24)10-8-18/h7-10,13-15H,4-6,11-12,16H2,1-3H3,(H2,25,26,32). The molecule has 0 aliphatic rings. The van der Waals surface area contributed by atoms with E-state index in [0.717, 1.165) is 49.0 Å². The van der Waals surface area contributed by atoms with Crippen LogP contribution in [0, 0.1) is 5.82 Å². The molecular weight excluding hydrogens is 409 g/mol. The number of nitrogens with one attached hydrogen (secondary N) is 2. The Bertz CT molecular complexity index is 1020. The van der Waals surface area contributed by atoms with Crippen molar-refractivity contribution in [3.05, 3.63) is 59.4 Å². The lowest BCUT2D eigenvalue weighted by Gasteiger charge is -2.16. The molecule has 0 radical (unpaired) electrons. The van der Waals surface area contributed by atoms with Crippen molar-refractivity contribution >= 4 is 11.7 Å². The summed E-state index contributed by atoms with van der Waals surface area (Å²) >= 11 is 0.